The van der Waals surface area contributed by atoms with Crippen molar-refractivity contribution in [2.45, 2.75) is 19.1 Å². The van der Waals surface area contributed by atoms with Crippen LogP contribution in [0.3, 0.4) is 0 Å². The van der Waals surface area contributed by atoms with E-state index in [1.165, 1.54) is 16.2 Å². The van der Waals surface area contributed by atoms with E-state index >= 15 is 0 Å². The monoisotopic (exact) mass is 332 g/mol. The van der Waals surface area contributed by atoms with Crippen LogP contribution < -0.4 is 0 Å². The number of aromatic nitrogens is 2. The van der Waals surface area contributed by atoms with Gasteiger partial charge in [0.05, 0.1) is 10.4 Å². The number of halogens is 1. The van der Waals surface area contributed by atoms with Crippen molar-refractivity contribution in [3.63, 3.8) is 0 Å². The van der Waals surface area contributed by atoms with Crippen LogP contribution in [0.2, 0.25) is 5.15 Å². The third-order valence-electron chi connectivity index (χ3n) is 3.74. The van der Waals surface area contributed by atoms with Crippen LogP contribution in [0.5, 0.6) is 0 Å². The first-order chi connectivity index (χ1) is 10.2. The Bertz CT molecular complexity index is 818. The molecule has 1 aliphatic rings. The van der Waals surface area contributed by atoms with Gasteiger partial charge in [0.15, 0.2) is 5.82 Å². The highest BCUT2D eigenvalue weighted by Gasteiger charge is 2.17. The summed E-state index contributed by atoms with van der Waals surface area (Å²) in [5.74, 6) is 3.07. The first kappa shape index (κ1) is 13.6. The summed E-state index contributed by atoms with van der Waals surface area (Å²) in [5.41, 5.74) is 3.48. The fourth-order valence-electron chi connectivity index (χ4n) is 2.67. The number of thiophene rings is 1. The highest BCUT2D eigenvalue weighted by Crippen LogP contribution is 2.37. The van der Waals surface area contributed by atoms with Gasteiger partial charge in [-0.05, 0) is 42.4 Å². The van der Waals surface area contributed by atoms with Crippen molar-refractivity contribution in [1.82, 2.24) is 9.97 Å². The van der Waals surface area contributed by atoms with E-state index in [1.54, 1.807) is 0 Å². The van der Waals surface area contributed by atoms with Gasteiger partial charge >= 0.3 is 0 Å². The van der Waals surface area contributed by atoms with E-state index in [9.17, 15) is 0 Å². The Balaban J connectivity index is 1.89. The SMILES string of the molecule is Cc1cccc2nc(-c3cc4c(s3)CCSC4)nc(Cl)c12. The van der Waals surface area contributed by atoms with Crippen LogP contribution in [-0.2, 0) is 12.2 Å². The molecule has 0 amide bonds. The summed E-state index contributed by atoms with van der Waals surface area (Å²) >= 11 is 10.2. The molecule has 4 rings (SSSR count). The predicted octanol–water partition coefficient (Wildman–Crippen LogP) is 5.11. The number of thioether (sulfide) groups is 1. The van der Waals surface area contributed by atoms with Crippen LogP contribution in [0, 0.1) is 6.92 Å². The Morgan fingerprint density at radius 1 is 1.24 bits per heavy atom. The Kier molecular flexibility index (Phi) is 3.40. The van der Waals surface area contributed by atoms with Gasteiger partial charge in [0.1, 0.15) is 5.15 Å². The van der Waals surface area contributed by atoms with Crippen LogP contribution in [-0.4, -0.2) is 15.7 Å². The highest BCUT2D eigenvalue weighted by atomic mass is 35.5. The van der Waals surface area contributed by atoms with Crippen molar-refractivity contribution < 1.29 is 0 Å². The third kappa shape index (κ3) is 2.35. The van der Waals surface area contributed by atoms with Crippen molar-refractivity contribution >= 4 is 45.6 Å². The molecule has 0 saturated heterocycles. The maximum atomic E-state index is 6.39. The molecule has 5 heteroatoms. The summed E-state index contributed by atoms with van der Waals surface area (Å²) < 4.78 is 0. The van der Waals surface area contributed by atoms with Crippen LogP contribution in [0.1, 0.15) is 16.0 Å². The van der Waals surface area contributed by atoms with E-state index in [0.29, 0.717) is 5.15 Å². The van der Waals surface area contributed by atoms with Crippen molar-refractivity contribution in [1.29, 1.82) is 0 Å². The van der Waals surface area contributed by atoms with E-state index in [1.807, 2.05) is 48.2 Å². The normalized spacial score (nSPS) is 14.4. The molecule has 0 unspecified atom stereocenters. The number of aryl methyl sites for hydroxylation is 2. The smallest absolute Gasteiger partial charge is 0.171 e. The predicted molar refractivity (Wildman–Crippen MR) is 92.5 cm³/mol. The van der Waals surface area contributed by atoms with Crippen LogP contribution in [0.4, 0.5) is 0 Å². The molecular weight excluding hydrogens is 320 g/mol. The van der Waals surface area contributed by atoms with E-state index < -0.39 is 0 Å². The third-order valence-corrected chi connectivity index (χ3v) is 6.25. The lowest BCUT2D eigenvalue weighted by molar-refractivity contribution is 1.13. The summed E-state index contributed by atoms with van der Waals surface area (Å²) in [7, 11) is 0. The van der Waals surface area contributed by atoms with Crippen LogP contribution in [0.15, 0.2) is 24.3 Å². The lowest BCUT2D eigenvalue weighted by Crippen LogP contribution is -1.96. The Labute approximate surface area is 136 Å². The molecule has 21 heavy (non-hydrogen) atoms. The van der Waals surface area contributed by atoms with Crippen LogP contribution in [0.25, 0.3) is 21.6 Å². The molecule has 3 heterocycles. The maximum absolute atomic E-state index is 6.39. The molecule has 1 aromatic carbocycles. The number of nitrogens with zero attached hydrogens (tertiary/aromatic N) is 2. The molecule has 0 N–H and O–H groups in total. The highest BCUT2D eigenvalue weighted by molar-refractivity contribution is 7.98. The first-order valence-corrected chi connectivity index (χ1v) is 9.20. The van der Waals surface area contributed by atoms with E-state index in [2.05, 4.69) is 11.1 Å². The lowest BCUT2D eigenvalue weighted by Gasteiger charge is -2.08. The minimum Gasteiger partial charge on any atom is -0.227 e. The zero-order chi connectivity index (χ0) is 14.4. The molecule has 0 aliphatic carbocycles. The Morgan fingerprint density at radius 3 is 3.00 bits per heavy atom. The number of benzene rings is 1. The van der Waals surface area contributed by atoms with Gasteiger partial charge in [0.25, 0.3) is 0 Å². The van der Waals surface area contributed by atoms with Crippen molar-refractivity contribution in [3.05, 3.63) is 45.4 Å². The topological polar surface area (TPSA) is 25.8 Å². The second kappa shape index (κ2) is 5.27. The largest absolute Gasteiger partial charge is 0.227 e. The quantitative estimate of drug-likeness (QED) is 0.579. The molecule has 0 bridgehead atoms. The molecule has 0 radical (unpaired) electrons. The van der Waals surface area contributed by atoms with Crippen molar-refractivity contribution in [2.75, 3.05) is 5.75 Å². The second-order valence-corrected chi connectivity index (χ2v) is 7.77. The average Bonchev–Trinajstić information content (AvgIpc) is 2.91. The number of hydrogen-bond donors (Lipinski definition) is 0. The molecule has 0 saturated carbocycles. The van der Waals surface area contributed by atoms with Crippen molar-refractivity contribution in [2.24, 2.45) is 0 Å². The lowest BCUT2D eigenvalue weighted by atomic mass is 10.1. The van der Waals surface area contributed by atoms with Gasteiger partial charge in [0, 0.05) is 16.0 Å². The second-order valence-electron chi connectivity index (χ2n) is 5.17. The molecule has 0 fully saturated rings. The molecule has 106 valence electrons. The molecule has 3 aromatic rings. The summed E-state index contributed by atoms with van der Waals surface area (Å²) in [4.78, 5) is 11.9. The van der Waals surface area contributed by atoms with Gasteiger partial charge in [-0.1, -0.05) is 23.7 Å². The van der Waals surface area contributed by atoms with Crippen LogP contribution >= 0.6 is 34.7 Å². The average molecular weight is 333 g/mol. The standard InChI is InChI=1S/C16H13ClN2S2/c1-9-3-2-4-11-14(9)15(17)19-16(18-11)13-7-10-8-20-6-5-12(10)21-13/h2-4,7H,5-6,8H2,1H3. The molecule has 0 spiro atoms. The molecule has 1 aliphatic heterocycles. The first-order valence-electron chi connectivity index (χ1n) is 6.85. The fraction of sp³-hybridized carbons (Fsp3) is 0.250. The Hall–Kier alpha value is -1.10. The summed E-state index contributed by atoms with van der Waals surface area (Å²) in [6, 6.07) is 8.29. The molecule has 2 nitrogen and oxygen atoms in total. The molecule has 2 aromatic heterocycles. The number of fused-ring (bicyclic) bond motifs is 2. The minimum atomic E-state index is 0.550. The number of rotatable bonds is 1. The van der Waals surface area contributed by atoms with Gasteiger partial charge in [0.2, 0.25) is 0 Å². The van der Waals surface area contributed by atoms with E-state index in [4.69, 9.17) is 16.6 Å². The molecular formula is C16H13ClN2S2. The van der Waals surface area contributed by atoms with Gasteiger partial charge in [-0.25, -0.2) is 9.97 Å². The van der Waals surface area contributed by atoms with Gasteiger partial charge in [-0.3, -0.25) is 0 Å². The van der Waals surface area contributed by atoms with E-state index in [-0.39, 0.29) is 0 Å². The van der Waals surface area contributed by atoms with Gasteiger partial charge in [-0.2, -0.15) is 11.8 Å². The Morgan fingerprint density at radius 2 is 2.14 bits per heavy atom. The maximum Gasteiger partial charge on any atom is 0.171 e. The number of hydrogen-bond acceptors (Lipinski definition) is 4. The van der Waals surface area contributed by atoms with E-state index in [0.717, 1.165) is 39.3 Å². The van der Waals surface area contributed by atoms with Gasteiger partial charge in [-0.15, -0.1) is 11.3 Å². The van der Waals surface area contributed by atoms with Gasteiger partial charge < -0.3 is 0 Å². The minimum absolute atomic E-state index is 0.550. The zero-order valence-corrected chi connectivity index (χ0v) is 13.9. The molecule has 0 atom stereocenters. The zero-order valence-electron chi connectivity index (χ0n) is 11.5. The summed E-state index contributed by atoms with van der Waals surface area (Å²) in [6.07, 6.45) is 1.16. The summed E-state index contributed by atoms with van der Waals surface area (Å²) in [6.45, 7) is 2.04. The summed E-state index contributed by atoms with van der Waals surface area (Å²) in [5, 5.41) is 1.51. The fourth-order valence-corrected chi connectivity index (χ4v) is 5.30. The van der Waals surface area contributed by atoms with Crippen molar-refractivity contribution in [3.8, 4) is 10.7 Å².